The fourth-order valence-electron chi connectivity index (χ4n) is 3.15. The SMILES string of the molecule is CC(C)C1=C(c2ccccc2)[C@@H]2OCC[C@H]12. The van der Waals surface area contributed by atoms with Crippen LogP contribution < -0.4 is 0 Å². The second kappa shape index (κ2) is 3.74. The first kappa shape index (κ1) is 10.1. The average molecular weight is 214 g/mol. The summed E-state index contributed by atoms with van der Waals surface area (Å²) in [6, 6.07) is 10.7. The maximum Gasteiger partial charge on any atom is 0.0896 e. The van der Waals surface area contributed by atoms with E-state index in [1.807, 2.05) is 0 Å². The normalized spacial score (nSPS) is 28.2. The molecular weight excluding hydrogens is 196 g/mol. The Bertz CT molecular complexity index is 416. The zero-order chi connectivity index (χ0) is 11.1. The molecule has 0 spiro atoms. The van der Waals surface area contributed by atoms with Crippen molar-refractivity contribution in [3.8, 4) is 0 Å². The van der Waals surface area contributed by atoms with E-state index in [4.69, 9.17) is 4.74 Å². The van der Waals surface area contributed by atoms with E-state index in [1.54, 1.807) is 5.57 Å². The van der Waals surface area contributed by atoms with Gasteiger partial charge >= 0.3 is 0 Å². The second-order valence-electron chi connectivity index (χ2n) is 5.08. The lowest BCUT2D eigenvalue weighted by Gasteiger charge is -2.39. The van der Waals surface area contributed by atoms with Gasteiger partial charge in [-0.05, 0) is 23.5 Å². The van der Waals surface area contributed by atoms with Crippen molar-refractivity contribution in [2.75, 3.05) is 6.61 Å². The van der Waals surface area contributed by atoms with Crippen LogP contribution in [0.1, 0.15) is 25.8 Å². The van der Waals surface area contributed by atoms with Gasteiger partial charge in [0.2, 0.25) is 0 Å². The van der Waals surface area contributed by atoms with Crippen LogP contribution in [0.4, 0.5) is 0 Å². The Kier molecular flexibility index (Phi) is 2.36. The van der Waals surface area contributed by atoms with E-state index in [-0.39, 0.29) is 0 Å². The third-order valence-electron chi connectivity index (χ3n) is 3.79. The van der Waals surface area contributed by atoms with Crippen molar-refractivity contribution in [3.63, 3.8) is 0 Å². The van der Waals surface area contributed by atoms with E-state index < -0.39 is 0 Å². The molecule has 1 heteroatoms. The Morgan fingerprint density at radius 2 is 1.94 bits per heavy atom. The van der Waals surface area contributed by atoms with Crippen molar-refractivity contribution >= 4 is 5.57 Å². The molecule has 0 unspecified atom stereocenters. The van der Waals surface area contributed by atoms with E-state index in [2.05, 4.69) is 44.2 Å². The molecule has 0 bridgehead atoms. The standard InChI is InChI=1S/C15H18O/c1-10(2)13-12-8-9-16-15(12)14(13)11-6-4-3-5-7-11/h3-7,10,12,15H,8-9H2,1-2H3/t12-,15-/m1/s1. The molecule has 1 nitrogen and oxygen atoms in total. The third kappa shape index (κ3) is 1.35. The van der Waals surface area contributed by atoms with Gasteiger partial charge in [-0.1, -0.05) is 49.8 Å². The molecule has 0 radical (unpaired) electrons. The molecular formula is C15H18O. The van der Waals surface area contributed by atoms with Crippen molar-refractivity contribution < 1.29 is 4.74 Å². The predicted molar refractivity (Wildman–Crippen MR) is 66.0 cm³/mol. The summed E-state index contributed by atoms with van der Waals surface area (Å²) in [5.41, 5.74) is 4.46. The molecule has 0 saturated carbocycles. The second-order valence-corrected chi connectivity index (χ2v) is 5.08. The van der Waals surface area contributed by atoms with Crippen LogP contribution in [0.15, 0.2) is 35.9 Å². The van der Waals surface area contributed by atoms with Crippen molar-refractivity contribution in [1.29, 1.82) is 0 Å². The molecule has 1 aliphatic carbocycles. The minimum absolute atomic E-state index is 0.389. The lowest BCUT2D eigenvalue weighted by molar-refractivity contribution is 0.126. The number of benzene rings is 1. The first-order chi connectivity index (χ1) is 7.79. The van der Waals surface area contributed by atoms with Crippen LogP contribution in [0.25, 0.3) is 5.57 Å². The van der Waals surface area contributed by atoms with Crippen molar-refractivity contribution in [2.24, 2.45) is 11.8 Å². The Morgan fingerprint density at radius 3 is 2.62 bits per heavy atom. The summed E-state index contributed by atoms with van der Waals surface area (Å²) in [5, 5.41) is 0. The lowest BCUT2D eigenvalue weighted by atomic mass is 9.67. The molecule has 16 heavy (non-hydrogen) atoms. The number of rotatable bonds is 2. The van der Waals surface area contributed by atoms with Crippen LogP contribution in [0.3, 0.4) is 0 Å². The summed E-state index contributed by atoms with van der Waals surface area (Å²) in [4.78, 5) is 0. The highest BCUT2D eigenvalue weighted by atomic mass is 16.5. The Labute approximate surface area is 97.1 Å². The zero-order valence-corrected chi connectivity index (χ0v) is 9.94. The van der Waals surface area contributed by atoms with Crippen molar-refractivity contribution in [2.45, 2.75) is 26.4 Å². The highest BCUT2D eigenvalue weighted by Crippen LogP contribution is 2.51. The van der Waals surface area contributed by atoms with E-state index >= 15 is 0 Å². The van der Waals surface area contributed by atoms with Gasteiger partial charge in [0.15, 0.2) is 0 Å². The molecule has 1 fully saturated rings. The maximum atomic E-state index is 5.84. The maximum absolute atomic E-state index is 5.84. The molecule has 1 heterocycles. The topological polar surface area (TPSA) is 9.23 Å². The van der Waals surface area contributed by atoms with Gasteiger partial charge in [0.05, 0.1) is 6.10 Å². The smallest absolute Gasteiger partial charge is 0.0896 e. The number of ether oxygens (including phenoxy) is 1. The Balaban J connectivity index is 2.04. The van der Waals surface area contributed by atoms with E-state index in [9.17, 15) is 0 Å². The summed E-state index contributed by atoms with van der Waals surface area (Å²) < 4.78 is 5.84. The molecule has 2 aliphatic rings. The highest BCUT2D eigenvalue weighted by Gasteiger charge is 2.45. The van der Waals surface area contributed by atoms with Gasteiger partial charge in [0.1, 0.15) is 0 Å². The number of fused-ring (bicyclic) bond motifs is 1. The van der Waals surface area contributed by atoms with Gasteiger partial charge in [-0.2, -0.15) is 0 Å². The van der Waals surface area contributed by atoms with Crippen LogP contribution in [0.2, 0.25) is 0 Å². The summed E-state index contributed by atoms with van der Waals surface area (Å²) >= 11 is 0. The summed E-state index contributed by atoms with van der Waals surface area (Å²) in [6.07, 6.45) is 1.61. The molecule has 3 rings (SSSR count). The summed E-state index contributed by atoms with van der Waals surface area (Å²) in [6.45, 7) is 5.53. The molecule has 84 valence electrons. The predicted octanol–water partition coefficient (Wildman–Crippen LogP) is 3.51. The third-order valence-corrected chi connectivity index (χ3v) is 3.79. The van der Waals surface area contributed by atoms with Gasteiger partial charge in [-0.15, -0.1) is 0 Å². The van der Waals surface area contributed by atoms with E-state index in [0.717, 1.165) is 6.61 Å². The first-order valence-electron chi connectivity index (χ1n) is 6.20. The molecule has 0 N–H and O–H groups in total. The first-order valence-corrected chi connectivity index (χ1v) is 6.20. The minimum Gasteiger partial charge on any atom is -0.373 e. The largest absolute Gasteiger partial charge is 0.373 e. The van der Waals surface area contributed by atoms with Crippen LogP contribution in [0, 0.1) is 11.8 Å². The van der Waals surface area contributed by atoms with Crippen LogP contribution >= 0.6 is 0 Å². The Hall–Kier alpha value is -1.08. The monoisotopic (exact) mass is 214 g/mol. The van der Waals surface area contributed by atoms with Gasteiger partial charge in [0.25, 0.3) is 0 Å². The van der Waals surface area contributed by atoms with Crippen LogP contribution in [-0.4, -0.2) is 12.7 Å². The molecule has 1 aromatic rings. The molecule has 1 aromatic carbocycles. The van der Waals surface area contributed by atoms with Crippen molar-refractivity contribution in [3.05, 3.63) is 41.5 Å². The molecule has 0 aromatic heterocycles. The Morgan fingerprint density at radius 1 is 1.19 bits per heavy atom. The molecule has 1 saturated heterocycles. The lowest BCUT2D eigenvalue weighted by Crippen LogP contribution is -2.34. The van der Waals surface area contributed by atoms with Crippen LogP contribution in [-0.2, 0) is 4.74 Å². The van der Waals surface area contributed by atoms with E-state index in [0.29, 0.717) is 17.9 Å². The van der Waals surface area contributed by atoms with E-state index in [1.165, 1.54) is 17.6 Å². The van der Waals surface area contributed by atoms with Crippen LogP contribution in [0.5, 0.6) is 0 Å². The van der Waals surface area contributed by atoms with Gasteiger partial charge in [-0.25, -0.2) is 0 Å². The summed E-state index contributed by atoms with van der Waals surface area (Å²) in [5.74, 6) is 1.35. The highest BCUT2D eigenvalue weighted by molar-refractivity contribution is 5.79. The van der Waals surface area contributed by atoms with Gasteiger partial charge < -0.3 is 4.74 Å². The molecule has 1 aliphatic heterocycles. The quantitative estimate of drug-likeness (QED) is 0.732. The zero-order valence-electron chi connectivity index (χ0n) is 9.94. The number of hydrogen-bond donors (Lipinski definition) is 0. The van der Waals surface area contributed by atoms with Gasteiger partial charge in [-0.3, -0.25) is 0 Å². The average Bonchev–Trinajstić information content (AvgIpc) is 2.63. The molecule has 0 amide bonds. The minimum atomic E-state index is 0.389. The number of hydrogen-bond acceptors (Lipinski definition) is 1. The molecule has 2 atom stereocenters. The van der Waals surface area contributed by atoms with Crippen molar-refractivity contribution in [1.82, 2.24) is 0 Å². The fourth-order valence-corrected chi connectivity index (χ4v) is 3.15. The van der Waals surface area contributed by atoms with Gasteiger partial charge in [0, 0.05) is 12.5 Å². The summed E-state index contributed by atoms with van der Waals surface area (Å²) in [7, 11) is 0. The fraction of sp³-hybridized carbons (Fsp3) is 0.467.